The van der Waals surface area contributed by atoms with Crippen molar-refractivity contribution in [3.05, 3.63) is 53.1 Å². The fraction of sp³-hybridized carbons (Fsp3) is 0.118. The standard InChI is InChI=1S/C17H16N4O6S/c1-9-10(6-7-12-14(9)15(18)21-17(19)20-12)8-26-16(22)11-4-2-3-5-13(11)27-28(23,24)25/h2-7H,8H2,1H3,(H,23,24,25)(H4,18,19,20,21). The number of rotatable bonds is 5. The molecular weight excluding hydrogens is 388 g/mol. The summed E-state index contributed by atoms with van der Waals surface area (Å²) in [5.74, 6) is -0.919. The maximum Gasteiger partial charge on any atom is 0.446 e. The van der Waals surface area contributed by atoms with E-state index in [1.807, 2.05) is 0 Å². The van der Waals surface area contributed by atoms with Crippen LogP contribution in [-0.4, -0.2) is 28.9 Å². The van der Waals surface area contributed by atoms with Crippen LogP contribution in [0.1, 0.15) is 21.5 Å². The van der Waals surface area contributed by atoms with Crippen molar-refractivity contribution < 1.29 is 26.7 Å². The smallest absolute Gasteiger partial charge is 0.446 e. The van der Waals surface area contributed by atoms with Crippen molar-refractivity contribution in [3.63, 3.8) is 0 Å². The highest BCUT2D eigenvalue weighted by Crippen LogP contribution is 2.27. The van der Waals surface area contributed by atoms with Crippen LogP contribution in [0.4, 0.5) is 11.8 Å². The lowest BCUT2D eigenvalue weighted by molar-refractivity contribution is 0.0470. The van der Waals surface area contributed by atoms with E-state index in [0.717, 1.165) is 0 Å². The molecule has 0 saturated carbocycles. The molecule has 2 aromatic carbocycles. The first kappa shape index (κ1) is 19.3. The van der Waals surface area contributed by atoms with Gasteiger partial charge in [0.25, 0.3) is 0 Å². The van der Waals surface area contributed by atoms with Crippen molar-refractivity contribution in [2.75, 3.05) is 11.5 Å². The Morgan fingerprint density at radius 2 is 1.86 bits per heavy atom. The molecule has 28 heavy (non-hydrogen) atoms. The molecule has 0 bridgehead atoms. The maximum absolute atomic E-state index is 12.4. The second-order valence-electron chi connectivity index (χ2n) is 5.79. The molecule has 5 N–H and O–H groups in total. The summed E-state index contributed by atoms with van der Waals surface area (Å²) in [6, 6.07) is 8.85. The fourth-order valence-corrected chi connectivity index (χ4v) is 3.06. The van der Waals surface area contributed by atoms with E-state index in [9.17, 15) is 13.2 Å². The first-order chi connectivity index (χ1) is 13.2. The summed E-state index contributed by atoms with van der Waals surface area (Å²) in [6.07, 6.45) is 0. The van der Waals surface area contributed by atoms with Crippen LogP contribution in [0.5, 0.6) is 5.75 Å². The molecule has 0 aliphatic carbocycles. The molecule has 0 aliphatic rings. The average molecular weight is 404 g/mol. The van der Waals surface area contributed by atoms with Gasteiger partial charge in [-0.05, 0) is 36.2 Å². The van der Waals surface area contributed by atoms with Crippen molar-refractivity contribution in [3.8, 4) is 5.75 Å². The van der Waals surface area contributed by atoms with Crippen LogP contribution < -0.4 is 15.7 Å². The monoisotopic (exact) mass is 404 g/mol. The number of benzene rings is 2. The lowest BCUT2D eigenvalue weighted by Crippen LogP contribution is -2.12. The normalized spacial score (nSPS) is 11.4. The zero-order valence-corrected chi connectivity index (χ0v) is 15.4. The lowest BCUT2D eigenvalue weighted by atomic mass is 10.0. The van der Waals surface area contributed by atoms with Gasteiger partial charge in [0, 0.05) is 5.39 Å². The predicted octanol–water partition coefficient (Wildman–Crippen LogP) is 1.64. The van der Waals surface area contributed by atoms with Crippen LogP contribution in [0.2, 0.25) is 0 Å². The molecule has 11 heteroatoms. The minimum Gasteiger partial charge on any atom is -0.457 e. The van der Waals surface area contributed by atoms with E-state index in [2.05, 4.69) is 14.2 Å². The van der Waals surface area contributed by atoms with Gasteiger partial charge in [-0.1, -0.05) is 18.2 Å². The van der Waals surface area contributed by atoms with Crippen molar-refractivity contribution in [2.45, 2.75) is 13.5 Å². The van der Waals surface area contributed by atoms with E-state index in [-0.39, 0.29) is 29.7 Å². The van der Waals surface area contributed by atoms with Gasteiger partial charge in [-0.25, -0.2) is 9.78 Å². The maximum atomic E-state index is 12.4. The molecule has 0 aliphatic heterocycles. The Kier molecular flexibility index (Phi) is 5.03. The Labute approximate surface area is 160 Å². The fourth-order valence-electron chi connectivity index (χ4n) is 2.68. The van der Waals surface area contributed by atoms with Crippen molar-refractivity contribution in [2.24, 2.45) is 0 Å². The molecule has 3 aromatic rings. The summed E-state index contributed by atoms with van der Waals surface area (Å²) in [5, 5.41) is 0.595. The van der Waals surface area contributed by atoms with Crippen LogP contribution >= 0.6 is 0 Å². The predicted molar refractivity (Wildman–Crippen MR) is 101 cm³/mol. The minimum absolute atomic E-state index is 0.0546. The third kappa shape index (κ3) is 4.10. The Bertz CT molecular complexity index is 1180. The second-order valence-corrected chi connectivity index (χ2v) is 6.82. The lowest BCUT2D eigenvalue weighted by Gasteiger charge is -2.12. The number of carbonyl (C=O) groups is 1. The number of nitrogens with two attached hydrogens (primary N) is 2. The number of para-hydroxylation sites is 1. The van der Waals surface area contributed by atoms with Gasteiger partial charge in [-0.2, -0.15) is 13.4 Å². The molecule has 0 unspecified atom stereocenters. The summed E-state index contributed by atoms with van der Waals surface area (Å²) in [4.78, 5) is 20.4. The Morgan fingerprint density at radius 1 is 1.14 bits per heavy atom. The van der Waals surface area contributed by atoms with Crippen LogP contribution in [0.15, 0.2) is 36.4 Å². The molecule has 146 valence electrons. The summed E-state index contributed by atoms with van der Waals surface area (Å²) in [6.45, 7) is 1.65. The number of esters is 1. The molecule has 0 fully saturated rings. The third-order valence-corrected chi connectivity index (χ3v) is 4.33. The van der Waals surface area contributed by atoms with E-state index in [1.165, 1.54) is 24.3 Å². The van der Waals surface area contributed by atoms with E-state index >= 15 is 0 Å². The molecular formula is C17H16N4O6S. The largest absolute Gasteiger partial charge is 0.457 e. The zero-order chi connectivity index (χ0) is 20.5. The van der Waals surface area contributed by atoms with Gasteiger partial charge < -0.3 is 20.4 Å². The van der Waals surface area contributed by atoms with Crippen LogP contribution in [0.3, 0.4) is 0 Å². The highest BCUT2D eigenvalue weighted by Gasteiger charge is 2.19. The van der Waals surface area contributed by atoms with Gasteiger partial charge in [-0.3, -0.25) is 4.55 Å². The molecule has 3 rings (SSSR count). The Hall–Kier alpha value is -3.44. The minimum atomic E-state index is -4.79. The van der Waals surface area contributed by atoms with E-state index in [0.29, 0.717) is 22.0 Å². The molecule has 0 radical (unpaired) electrons. The van der Waals surface area contributed by atoms with Crippen LogP contribution in [-0.2, 0) is 21.7 Å². The van der Waals surface area contributed by atoms with Gasteiger partial charge in [-0.15, -0.1) is 0 Å². The number of hydrogen-bond donors (Lipinski definition) is 3. The molecule has 10 nitrogen and oxygen atoms in total. The summed E-state index contributed by atoms with van der Waals surface area (Å²) < 4.78 is 40.3. The highest BCUT2D eigenvalue weighted by atomic mass is 32.3. The molecule has 0 atom stereocenters. The first-order valence-electron chi connectivity index (χ1n) is 7.90. The van der Waals surface area contributed by atoms with Gasteiger partial charge in [0.05, 0.1) is 5.52 Å². The first-order valence-corrected chi connectivity index (χ1v) is 9.26. The number of fused-ring (bicyclic) bond motifs is 1. The van der Waals surface area contributed by atoms with Crippen LogP contribution in [0, 0.1) is 6.92 Å². The number of hydrogen-bond acceptors (Lipinski definition) is 9. The number of nitrogens with zero attached hydrogens (tertiary/aromatic N) is 2. The molecule has 1 heterocycles. The quantitative estimate of drug-likeness (QED) is 0.420. The van der Waals surface area contributed by atoms with Gasteiger partial charge in [0.2, 0.25) is 5.95 Å². The number of nitrogen functional groups attached to an aromatic ring is 2. The van der Waals surface area contributed by atoms with Crippen LogP contribution in [0.25, 0.3) is 10.9 Å². The number of aryl methyl sites for hydroxylation is 1. The number of aromatic nitrogens is 2. The number of anilines is 2. The number of ether oxygens (including phenoxy) is 1. The van der Waals surface area contributed by atoms with E-state index in [1.54, 1.807) is 19.1 Å². The third-order valence-electron chi connectivity index (χ3n) is 3.94. The van der Waals surface area contributed by atoms with Crippen molar-refractivity contribution >= 4 is 39.0 Å². The van der Waals surface area contributed by atoms with Crippen molar-refractivity contribution in [1.82, 2.24) is 9.97 Å². The zero-order valence-electron chi connectivity index (χ0n) is 14.6. The Balaban J connectivity index is 1.85. The molecule has 0 saturated heterocycles. The summed E-state index contributed by atoms with van der Waals surface area (Å²) in [7, 11) is -4.79. The summed E-state index contributed by atoms with van der Waals surface area (Å²) in [5.41, 5.74) is 13.3. The van der Waals surface area contributed by atoms with Gasteiger partial charge in [0.1, 0.15) is 18.0 Å². The SMILES string of the molecule is Cc1c(COC(=O)c2ccccc2OS(=O)(=O)O)ccc2nc(N)nc(N)c12. The summed E-state index contributed by atoms with van der Waals surface area (Å²) >= 11 is 0. The molecule has 0 spiro atoms. The Morgan fingerprint density at radius 3 is 2.57 bits per heavy atom. The van der Waals surface area contributed by atoms with Crippen molar-refractivity contribution in [1.29, 1.82) is 0 Å². The van der Waals surface area contributed by atoms with Gasteiger partial charge in [0.15, 0.2) is 5.75 Å². The van der Waals surface area contributed by atoms with E-state index in [4.69, 9.17) is 20.8 Å². The molecule has 0 amide bonds. The number of carbonyl (C=O) groups excluding carboxylic acids is 1. The average Bonchev–Trinajstić information content (AvgIpc) is 2.59. The van der Waals surface area contributed by atoms with Gasteiger partial charge >= 0.3 is 16.4 Å². The molecule has 1 aromatic heterocycles. The topological polar surface area (TPSA) is 168 Å². The highest BCUT2D eigenvalue weighted by molar-refractivity contribution is 7.81. The second kappa shape index (κ2) is 7.29. The van der Waals surface area contributed by atoms with E-state index < -0.39 is 16.4 Å².